The molecule has 5 nitrogen and oxygen atoms in total. The number of benzene rings is 1. The van der Waals surface area contributed by atoms with Crippen LogP contribution in [0.15, 0.2) is 35.3 Å². The third kappa shape index (κ3) is 2.55. The van der Waals surface area contributed by atoms with E-state index in [-0.39, 0.29) is 11.8 Å². The van der Waals surface area contributed by atoms with Gasteiger partial charge in [0, 0.05) is 25.1 Å². The van der Waals surface area contributed by atoms with Crippen LogP contribution in [0, 0.1) is 0 Å². The number of aryl methyl sites for hydroxylation is 1. The van der Waals surface area contributed by atoms with Crippen molar-refractivity contribution >= 4 is 10.8 Å². The molecule has 0 atom stereocenters. The second-order valence-electron chi connectivity index (χ2n) is 4.76. The van der Waals surface area contributed by atoms with E-state index in [2.05, 4.69) is 0 Å². The second kappa shape index (κ2) is 5.64. The SMILES string of the molecule is Cn1ccc2c(OCCC3OCCO3)cccc2c1=O. The maximum atomic E-state index is 12.0. The van der Waals surface area contributed by atoms with E-state index < -0.39 is 0 Å². The van der Waals surface area contributed by atoms with Gasteiger partial charge in [-0.1, -0.05) is 6.07 Å². The van der Waals surface area contributed by atoms with Crippen LogP contribution in [0.25, 0.3) is 10.8 Å². The van der Waals surface area contributed by atoms with E-state index >= 15 is 0 Å². The Morgan fingerprint density at radius 1 is 1.25 bits per heavy atom. The lowest BCUT2D eigenvalue weighted by molar-refractivity contribution is -0.0530. The first kappa shape index (κ1) is 13.1. The van der Waals surface area contributed by atoms with E-state index in [1.54, 1.807) is 17.8 Å². The number of hydrogen-bond donors (Lipinski definition) is 0. The summed E-state index contributed by atoms with van der Waals surface area (Å²) in [6, 6.07) is 7.42. The fourth-order valence-electron chi connectivity index (χ4n) is 2.31. The van der Waals surface area contributed by atoms with E-state index in [0.717, 1.165) is 11.1 Å². The lowest BCUT2D eigenvalue weighted by Gasteiger charge is -2.12. The highest BCUT2D eigenvalue weighted by Crippen LogP contribution is 2.23. The Labute approximate surface area is 116 Å². The fourth-order valence-corrected chi connectivity index (χ4v) is 2.31. The van der Waals surface area contributed by atoms with Crippen LogP contribution in [-0.4, -0.2) is 30.7 Å². The van der Waals surface area contributed by atoms with Crippen molar-refractivity contribution in [3.05, 3.63) is 40.8 Å². The molecular weight excluding hydrogens is 258 g/mol. The van der Waals surface area contributed by atoms with Gasteiger partial charge in [-0.15, -0.1) is 0 Å². The van der Waals surface area contributed by atoms with E-state index in [0.29, 0.717) is 31.6 Å². The Balaban J connectivity index is 1.77. The number of hydrogen-bond acceptors (Lipinski definition) is 4. The predicted molar refractivity (Wildman–Crippen MR) is 75.0 cm³/mol. The van der Waals surface area contributed by atoms with Crippen molar-refractivity contribution in [3.8, 4) is 5.75 Å². The molecule has 0 bridgehead atoms. The normalized spacial score (nSPS) is 15.8. The number of rotatable bonds is 4. The molecule has 0 amide bonds. The van der Waals surface area contributed by atoms with Crippen LogP contribution in [0.4, 0.5) is 0 Å². The molecule has 2 aromatic rings. The highest BCUT2D eigenvalue weighted by Gasteiger charge is 2.15. The fraction of sp³-hybridized carbons (Fsp3) is 0.400. The molecule has 106 valence electrons. The molecule has 3 rings (SSSR count). The van der Waals surface area contributed by atoms with Gasteiger partial charge >= 0.3 is 0 Å². The third-order valence-electron chi connectivity index (χ3n) is 3.38. The van der Waals surface area contributed by atoms with Crippen LogP contribution in [-0.2, 0) is 16.5 Å². The summed E-state index contributed by atoms with van der Waals surface area (Å²) in [5.74, 6) is 0.721. The molecule has 1 aromatic heterocycles. The topological polar surface area (TPSA) is 49.7 Å². The summed E-state index contributed by atoms with van der Waals surface area (Å²) in [7, 11) is 1.74. The second-order valence-corrected chi connectivity index (χ2v) is 4.76. The number of ether oxygens (including phenoxy) is 3. The summed E-state index contributed by atoms with van der Waals surface area (Å²) in [6.07, 6.45) is 2.26. The largest absolute Gasteiger partial charge is 0.493 e. The molecule has 0 radical (unpaired) electrons. The highest BCUT2D eigenvalue weighted by atomic mass is 16.7. The Kier molecular flexibility index (Phi) is 3.71. The van der Waals surface area contributed by atoms with Crippen molar-refractivity contribution in [3.63, 3.8) is 0 Å². The first-order chi connectivity index (χ1) is 9.75. The minimum Gasteiger partial charge on any atom is -0.493 e. The summed E-state index contributed by atoms with van der Waals surface area (Å²) >= 11 is 0. The molecule has 2 heterocycles. The van der Waals surface area contributed by atoms with Crippen LogP contribution >= 0.6 is 0 Å². The molecule has 0 aliphatic carbocycles. The van der Waals surface area contributed by atoms with Crippen molar-refractivity contribution in [2.75, 3.05) is 19.8 Å². The lowest BCUT2D eigenvalue weighted by Crippen LogP contribution is -2.16. The minimum absolute atomic E-state index is 0.0181. The van der Waals surface area contributed by atoms with Crippen LogP contribution in [0.2, 0.25) is 0 Å². The van der Waals surface area contributed by atoms with Crippen molar-refractivity contribution in [2.24, 2.45) is 7.05 Å². The molecule has 1 aliphatic heterocycles. The zero-order valence-corrected chi connectivity index (χ0v) is 11.4. The molecule has 1 fully saturated rings. The van der Waals surface area contributed by atoms with Gasteiger partial charge in [0.25, 0.3) is 5.56 Å². The van der Waals surface area contributed by atoms with Gasteiger partial charge < -0.3 is 18.8 Å². The molecule has 0 saturated carbocycles. The van der Waals surface area contributed by atoms with Gasteiger partial charge in [0.2, 0.25) is 0 Å². The standard InChI is InChI=1S/C15H17NO4/c1-16-7-5-11-12(15(16)17)3-2-4-13(11)18-8-6-14-19-9-10-20-14/h2-5,7,14H,6,8-10H2,1H3. The monoisotopic (exact) mass is 275 g/mol. The maximum absolute atomic E-state index is 12.0. The first-order valence-electron chi connectivity index (χ1n) is 6.70. The molecule has 1 aliphatic rings. The number of nitrogens with zero attached hydrogens (tertiary/aromatic N) is 1. The van der Waals surface area contributed by atoms with Crippen molar-refractivity contribution in [1.82, 2.24) is 4.57 Å². The lowest BCUT2D eigenvalue weighted by atomic mass is 10.1. The quantitative estimate of drug-likeness (QED) is 0.852. The minimum atomic E-state index is -0.169. The van der Waals surface area contributed by atoms with Crippen LogP contribution in [0.1, 0.15) is 6.42 Å². The summed E-state index contributed by atoms with van der Waals surface area (Å²) in [4.78, 5) is 12.0. The molecule has 5 heteroatoms. The van der Waals surface area contributed by atoms with Crippen LogP contribution in [0.3, 0.4) is 0 Å². The van der Waals surface area contributed by atoms with Gasteiger partial charge in [0.1, 0.15) is 5.75 Å². The van der Waals surface area contributed by atoms with Gasteiger partial charge in [-0.3, -0.25) is 4.79 Å². The average Bonchev–Trinajstić information content (AvgIpc) is 2.97. The number of fused-ring (bicyclic) bond motifs is 1. The van der Waals surface area contributed by atoms with E-state index in [1.807, 2.05) is 24.3 Å². The van der Waals surface area contributed by atoms with Gasteiger partial charge in [0.05, 0.1) is 25.2 Å². The van der Waals surface area contributed by atoms with Crippen molar-refractivity contribution in [2.45, 2.75) is 12.7 Å². The predicted octanol–water partition coefficient (Wildman–Crippen LogP) is 1.68. The molecule has 0 unspecified atom stereocenters. The van der Waals surface area contributed by atoms with Crippen LogP contribution in [0.5, 0.6) is 5.75 Å². The smallest absolute Gasteiger partial charge is 0.258 e. The Morgan fingerprint density at radius 3 is 2.85 bits per heavy atom. The molecule has 1 saturated heterocycles. The van der Waals surface area contributed by atoms with Gasteiger partial charge in [0.15, 0.2) is 6.29 Å². The average molecular weight is 275 g/mol. The van der Waals surface area contributed by atoms with Gasteiger partial charge in [-0.25, -0.2) is 0 Å². The Bertz CT molecular complexity index is 658. The molecule has 0 spiro atoms. The van der Waals surface area contributed by atoms with Crippen molar-refractivity contribution in [1.29, 1.82) is 0 Å². The first-order valence-corrected chi connectivity index (χ1v) is 6.70. The summed E-state index contributed by atoms with van der Waals surface area (Å²) in [6.45, 7) is 1.79. The van der Waals surface area contributed by atoms with E-state index in [9.17, 15) is 4.79 Å². The summed E-state index contributed by atoms with van der Waals surface area (Å²) in [5, 5.41) is 1.50. The third-order valence-corrected chi connectivity index (χ3v) is 3.38. The molecular formula is C15H17NO4. The summed E-state index contributed by atoms with van der Waals surface area (Å²) in [5.41, 5.74) is -0.0181. The van der Waals surface area contributed by atoms with Gasteiger partial charge in [-0.2, -0.15) is 0 Å². The van der Waals surface area contributed by atoms with E-state index in [1.165, 1.54) is 0 Å². The Hall–Kier alpha value is -1.85. The van der Waals surface area contributed by atoms with E-state index in [4.69, 9.17) is 14.2 Å². The highest BCUT2D eigenvalue weighted by molar-refractivity contribution is 5.87. The number of pyridine rings is 1. The number of aromatic nitrogens is 1. The summed E-state index contributed by atoms with van der Waals surface area (Å²) < 4.78 is 18.0. The molecule has 20 heavy (non-hydrogen) atoms. The van der Waals surface area contributed by atoms with Gasteiger partial charge in [-0.05, 0) is 18.2 Å². The Morgan fingerprint density at radius 2 is 2.05 bits per heavy atom. The zero-order chi connectivity index (χ0) is 13.9. The van der Waals surface area contributed by atoms with Crippen molar-refractivity contribution < 1.29 is 14.2 Å². The zero-order valence-electron chi connectivity index (χ0n) is 11.4. The molecule has 1 aromatic carbocycles. The maximum Gasteiger partial charge on any atom is 0.258 e. The molecule has 0 N–H and O–H groups in total. The van der Waals surface area contributed by atoms with Crippen LogP contribution < -0.4 is 10.3 Å².